The molecule has 0 fully saturated rings. The average molecular weight is 155 g/mol. The van der Waals surface area contributed by atoms with E-state index in [9.17, 15) is 0 Å². The van der Waals surface area contributed by atoms with Gasteiger partial charge < -0.3 is 11.1 Å². The van der Waals surface area contributed by atoms with Crippen LogP contribution in [0.15, 0.2) is 17.4 Å². The molecule has 5 heteroatoms. The summed E-state index contributed by atoms with van der Waals surface area (Å²) >= 11 is 0. The fourth-order valence-corrected chi connectivity index (χ4v) is 0.984. The molecule has 1 unspecified atom stereocenters. The van der Waals surface area contributed by atoms with Crippen molar-refractivity contribution < 1.29 is 0 Å². The molecule has 0 bridgehead atoms. The Morgan fingerprint density at radius 1 is 1.82 bits per heavy atom. The fraction of sp³-hybridized carbons (Fsp3) is 0.500. The molecule has 0 aromatic rings. The summed E-state index contributed by atoms with van der Waals surface area (Å²) in [6.07, 6.45) is -0.453. The van der Waals surface area contributed by atoms with E-state index in [1.54, 1.807) is 4.90 Å². The Labute approximate surface area is 65.8 Å². The van der Waals surface area contributed by atoms with E-state index in [1.165, 1.54) is 0 Å². The lowest BCUT2D eigenvalue weighted by Crippen LogP contribution is -2.52. The van der Waals surface area contributed by atoms with E-state index in [1.807, 2.05) is 6.92 Å². The molecule has 11 heavy (non-hydrogen) atoms. The number of nitrogens with one attached hydrogen (secondary N) is 1. The van der Waals surface area contributed by atoms with Crippen molar-refractivity contribution in [1.29, 1.82) is 0 Å². The summed E-state index contributed by atoms with van der Waals surface area (Å²) in [6.45, 7) is 6.45. The van der Waals surface area contributed by atoms with Crippen molar-refractivity contribution in [2.75, 3.05) is 6.54 Å². The van der Waals surface area contributed by atoms with Crippen molar-refractivity contribution in [1.82, 2.24) is 10.2 Å². The molecular formula is C6H13N5. The highest BCUT2D eigenvalue weighted by molar-refractivity contribution is 5.80. The Balaban J connectivity index is 2.80. The van der Waals surface area contributed by atoms with Gasteiger partial charge in [0, 0.05) is 6.54 Å². The first-order valence-electron chi connectivity index (χ1n) is 3.47. The minimum atomic E-state index is -0.453. The molecule has 0 saturated carbocycles. The van der Waals surface area contributed by atoms with Crippen LogP contribution in [-0.4, -0.2) is 23.7 Å². The molecule has 1 heterocycles. The smallest absolute Gasteiger partial charge is 0.200 e. The zero-order valence-electron chi connectivity index (χ0n) is 6.54. The second kappa shape index (κ2) is 2.79. The van der Waals surface area contributed by atoms with Crippen molar-refractivity contribution >= 4 is 5.96 Å². The number of nitrogens with two attached hydrogens (primary N) is 2. The molecular weight excluding hydrogens is 142 g/mol. The monoisotopic (exact) mass is 155 g/mol. The highest BCUT2D eigenvalue weighted by Crippen LogP contribution is 2.03. The van der Waals surface area contributed by atoms with Gasteiger partial charge in [0.2, 0.25) is 0 Å². The summed E-state index contributed by atoms with van der Waals surface area (Å²) in [4.78, 5) is 5.66. The van der Waals surface area contributed by atoms with E-state index in [0.29, 0.717) is 11.8 Å². The second-order valence-electron chi connectivity index (χ2n) is 2.27. The highest BCUT2D eigenvalue weighted by Gasteiger charge is 2.17. The molecule has 0 saturated heterocycles. The minimum absolute atomic E-state index is 0.420. The number of aliphatic imine (C=N–C) groups is 1. The van der Waals surface area contributed by atoms with Gasteiger partial charge in [0.05, 0.1) is 0 Å². The molecule has 0 aromatic carbocycles. The summed E-state index contributed by atoms with van der Waals surface area (Å²) in [5.41, 5.74) is 11.0. The van der Waals surface area contributed by atoms with Gasteiger partial charge in [-0.1, -0.05) is 6.58 Å². The van der Waals surface area contributed by atoms with Crippen LogP contribution in [0.3, 0.4) is 0 Å². The molecule has 0 aliphatic carbocycles. The highest BCUT2D eigenvalue weighted by atomic mass is 15.4. The standard InChI is InChI=1S/C6H13N5/c1-3-11-4(2)9-5(7)10-6(11)8/h5,9H,2-3,7H2,1H3,(H2,8,10). The van der Waals surface area contributed by atoms with E-state index >= 15 is 0 Å². The molecule has 1 atom stereocenters. The van der Waals surface area contributed by atoms with E-state index in [0.717, 1.165) is 6.54 Å². The van der Waals surface area contributed by atoms with Crippen LogP contribution in [0.2, 0.25) is 0 Å². The van der Waals surface area contributed by atoms with Gasteiger partial charge in [-0.2, -0.15) is 0 Å². The minimum Gasteiger partial charge on any atom is -0.369 e. The van der Waals surface area contributed by atoms with Gasteiger partial charge in [0.25, 0.3) is 0 Å². The van der Waals surface area contributed by atoms with Gasteiger partial charge in [-0.05, 0) is 6.92 Å². The fourth-order valence-electron chi connectivity index (χ4n) is 0.984. The van der Waals surface area contributed by atoms with E-state index in [-0.39, 0.29) is 0 Å². The lowest BCUT2D eigenvalue weighted by atomic mass is 10.5. The van der Waals surface area contributed by atoms with Crippen LogP contribution in [0.4, 0.5) is 0 Å². The Bertz CT molecular complexity index is 197. The first kappa shape index (κ1) is 7.87. The second-order valence-corrected chi connectivity index (χ2v) is 2.27. The molecule has 1 aliphatic rings. The third kappa shape index (κ3) is 1.43. The van der Waals surface area contributed by atoms with E-state index in [2.05, 4.69) is 16.9 Å². The predicted octanol–water partition coefficient (Wildman–Crippen LogP) is -1.06. The maximum atomic E-state index is 5.57. The maximum absolute atomic E-state index is 5.57. The zero-order chi connectivity index (χ0) is 8.43. The molecule has 1 aliphatic heterocycles. The summed E-state index contributed by atoms with van der Waals surface area (Å²) in [7, 11) is 0. The van der Waals surface area contributed by atoms with Crippen LogP contribution in [0, 0.1) is 0 Å². The van der Waals surface area contributed by atoms with Crippen molar-refractivity contribution in [3.63, 3.8) is 0 Å². The Kier molecular flexibility index (Phi) is 2.00. The van der Waals surface area contributed by atoms with E-state index < -0.39 is 6.29 Å². The van der Waals surface area contributed by atoms with Gasteiger partial charge in [-0.15, -0.1) is 0 Å². The summed E-state index contributed by atoms with van der Waals surface area (Å²) in [6, 6.07) is 0. The normalized spacial score (nSPS) is 24.5. The Morgan fingerprint density at radius 3 is 2.91 bits per heavy atom. The lowest BCUT2D eigenvalue weighted by molar-refractivity contribution is 0.415. The third-order valence-corrected chi connectivity index (χ3v) is 1.50. The van der Waals surface area contributed by atoms with Crippen LogP contribution in [0.5, 0.6) is 0 Å². The molecule has 0 aromatic heterocycles. The number of rotatable bonds is 1. The van der Waals surface area contributed by atoms with Gasteiger partial charge >= 0.3 is 0 Å². The van der Waals surface area contributed by atoms with Crippen molar-refractivity contribution in [2.45, 2.75) is 13.2 Å². The Hall–Kier alpha value is -1.23. The molecule has 0 radical (unpaired) electrons. The van der Waals surface area contributed by atoms with Crippen molar-refractivity contribution in [2.24, 2.45) is 16.5 Å². The average Bonchev–Trinajstić information content (AvgIpc) is 1.85. The number of nitrogens with zero attached hydrogens (tertiary/aromatic N) is 2. The molecule has 5 nitrogen and oxygen atoms in total. The van der Waals surface area contributed by atoms with Crippen LogP contribution in [0.25, 0.3) is 0 Å². The van der Waals surface area contributed by atoms with Crippen molar-refractivity contribution in [3.05, 3.63) is 12.4 Å². The van der Waals surface area contributed by atoms with Gasteiger partial charge in [-0.25, -0.2) is 4.99 Å². The largest absolute Gasteiger partial charge is 0.369 e. The first-order valence-corrected chi connectivity index (χ1v) is 3.47. The topological polar surface area (TPSA) is 79.7 Å². The lowest BCUT2D eigenvalue weighted by Gasteiger charge is -2.31. The van der Waals surface area contributed by atoms with Crippen LogP contribution in [-0.2, 0) is 0 Å². The number of hydrogen-bond acceptors (Lipinski definition) is 5. The molecule has 0 amide bonds. The molecule has 5 N–H and O–H groups in total. The summed E-state index contributed by atoms with van der Waals surface area (Å²) < 4.78 is 0. The number of guanidine groups is 1. The zero-order valence-corrected chi connectivity index (χ0v) is 6.54. The van der Waals surface area contributed by atoms with Crippen LogP contribution in [0.1, 0.15) is 6.92 Å². The number of hydrogen-bond donors (Lipinski definition) is 3. The molecule has 62 valence electrons. The Morgan fingerprint density at radius 2 is 2.45 bits per heavy atom. The molecule has 1 rings (SSSR count). The third-order valence-electron chi connectivity index (χ3n) is 1.50. The van der Waals surface area contributed by atoms with Crippen molar-refractivity contribution in [3.8, 4) is 0 Å². The van der Waals surface area contributed by atoms with E-state index in [4.69, 9.17) is 11.5 Å². The van der Waals surface area contributed by atoms with Gasteiger partial charge in [0.1, 0.15) is 5.82 Å². The molecule has 0 spiro atoms. The van der Waals surface area contributed by atoms with Gasteiger partial charge in [0.15, 0.2) is 12.2 Å². The SMILES string of the molecule is C=C1NC(N)N=C(N)N1CC. The summed E-state index contributed by atoms with van der Waals surface area (Å²) in [5.74, 6) is 1.12. The van der Waals surface area contributed by atoms with Crippen LogP contribution < -0.4 is 16.8 Å². The maximum Gasteiger partial charge on any atom is 0.200 e. The van der Waals surface area contributed by atoms with Gasteiger partial charge in [-0.3, -0.25) is 10.6 Å². The van der Waals surface area contributed by atoms with Crippen LogP contribution >= 0.6 is 0 Å². The first-order chi connectivity index (χ1) is 5.15. The quantitative estimate of drug-likeness (QED) is 0.451. The summed E-state index contributed by atoms with van der Waals surface area (Å²) in [5, 5.41) is 2.85. The predicted molar refractivity (Wildman–Crippen MR) is 44.3 cm³/mol.